The molecule has 1 N–H and O–H groups in total. The second-order valence-electron chi connectivity index (χ2n) is 2.89. The van der Waals surface area contributed by atoms with Crippen molar-refractivity contribution in [3.05, 3.63) is 30.0 Å². The molecule has 2 rings (SSSR count). The number of halogens is 1. The zero-order valence-corrected chi connectivity index (χ0v) is 8.05. The number of nitrogens with one attached hydrogen (secondary N) is 1. The van der Waals surface area contributed by atoms with Gasteiger partial charge in [0.1, 0.15) is 5.82 Å². The van der Waals surface area contributed by atoms with Crippen molar-refractivity contribution in [3.63, 3.8) is 0 Å². The lowest BCUT2D eigenvalue weighted by Gasteiger charge is -2.01. The Morgan fingerprint density at radius 3 is 3.00 bits per heavy atom. The number of nitrogens with zero attached hydrogens (tertiary/aromatic N) is 5. The van der Waals surface area contributed by atoms with Crippen molar-refractivity contribution in [2.75, 3.05) is 5.32 Å². The van der Waals surface area contributed by atoms with Crippen LogP contribution >= 0.6 is 0 Å². The molecule has 0 radical (unpaired) electrons. The maximum atomic E-state index is 12.7. The summed E-state index contributed by atoms with van der Waals surface area (Å²) in [5, 5.41) is 14.3. The Labute approximate surface area is 85.1 Å². The molecule has 2 aromatic heterocycles. The highest BCUT2D eigenvalue weighted by molar-refractivity contribution is 5.33. The molecule has 0 amide bonds. The highest BCUT2D eigenvalue weighted by atomic mass is 19.1. The summed E-state index contributed by atoms with van der Waals surface area (Å²) in [6.07, 6.45) is 0. The van der Waals surface area contributed by atoms with Crippen LogP contribution in [-0.4, -0.2) is 25.2 Å². The van der Waals surface area contributed by atoms with Crippen LogP contribution < -0.4 is 5.32 Å². The molecule has 0 aliphatic rings. The lowest BCUT2D eigenvalue weighted by atomic mass is 10.4. The number of hydrogen-bond donors (Lipinski definition) is 1. The average molecular weight is 208 g/mol. The van der Waals surface area contributed by atoms with Gasteiger partial charge in [0.05, 0.1) is 13.6 Å². The molecular formula is C8H9FN6. The molecule has 0 aliphatic heterocycles. The van der Waals surface area contributed by atoms with E-state index in [2.05, 4.69) is 25.7 Å². The maximum Gasteiger partial charge on any atom is 0.214 e. The molecule has 78 valence electrons. The molecule has 0 bridgehead atoms. The third-order valence-corrected chi connectivity index (χ3v) is 1.69. The van der Waals surface area contributed by atoms with Gasteiger partial charge in [0, 0.05) is 0 Å². The zero-order valence-electron chi connectivity index (χ0n) is 8.05. The molecule has 7 heteroatoms. The van der Waals surface area contributed by atoms with Crippen molar-refractivity contribution < 1.29 is 4.39 Å². The summed E-state index contributed by atoms with van der Waals surface area (Å²) in [4.78, 5) is 4.99. The first kappa shape index (κ1) is 9.50. The SMILES string of the molecule is Cn1nnc(CNc2cccc(F)n2)n1. The summed E-state index contributed by atoms with van der Waals surface area (Å²) in [7, 11) is 1.68. The van der Waals surface area contributed by atoms with Crippen molar-refractivity contribution in [1.29, 1.82) is 0 Å². The predicted octanol–water partition coefficient (Wildman–Crippen LogP) is 0.356. The Balaban J connectivity index is 1.99. The number of aryl methyl sites for hydroxylation is 1. The van der Waals surface area contributed by atoms with E-state index in [4.69, 9.17) is 0 Å². The lowest BCUT2D eigenvalue weighted by Crippen LogP contribution is -2.04. The van der Waals surface area contributed by atoms with Gasteiger partial charge in [-0.05, 0) is 17.3 Å². The second kappa shape index (κ2) is 3.99. The molecule has 15 heavy (non-hydrogen) atoms. The molecule has 0 saturated heterocycles. The molecule has 0 saturated carbocycles. The van der Waals surface area contributed by atoms with Crippen LogP contribution in [0.3, 0.4) is 0 Å². The first-order valence-corrected chi connectivity index (χ1v) is 4.33. The Morgan fingerprint density at radius 1 is 1.47 bits per heavy atom. The van der Waals surface area contributed by atoms with E-state index in [0.29, 0.717) is 18.2 Å². The summed E-state index contributed by atoms with van der Waals surface area (Å²) < 4.78 is 12.7. The third-order valence-electron chi connectivity index (χ3n) is 1.69. The van der Waals surface area contributed by atoms with Gasteiger partial charge in [0.15, 0.2) is 5.82 Å². The highest BCUT2D eigenvalue weighted by Crippen LogP contribution is 2.04. The summed E-state index contributed by atoms with van der Waals surface area (Å²) >= 11 is 0. The number of anilines is 1. The molecular weight excluding hydrogens is 199 g/mol. The number of pyridine rings is 1. The van der Waals surface area contributed by atoms with Crippen LogP contribution in [0.15, 0.2) is 18.2 Å². The molecule has 0 aliphatic carbocycles. The number of aromatic nitrogens is 5. The van der Waals surface area contributed by atoms with Crippen LogP contribution in [0.1, 0.15) is 5.82 Å². The van der Waals surface area contributed by atoms with Crippen LogP contribution in [-0.2, 0) is 13.6 Å². The van der Waals surface area contributed by atoms with Crippen LogP contribution in [0.2, 0.25) is 0 Å². The Hall–Kier alpha value is -2.05. The molecule has 6 nitrogen and oxygen atoms in total. The molecule has 0 fully saturated rings. The van der Waals surface area contributed by atoms with E-state index in [0.717, 1.165) is 0 Å². The van der Waals surface area contributed by atoms with E-state index in [1.165, 1.54) is 10.9 Å². The first-order valence-electron chi connectivity index (χ1n) is 4.33. The van der Waals surface area contributed by atoms with E-state index in [9.17, 15) is 4.39 Å². The van der Waals surface area contributed by atoms with Gasteiger partial charge in [0.2, 0.25) is 5.95 Å². The standard InChI is InChI=1S/C8H9FN6/c1-15-13-8(12-14-15)5-10-7-4-2-3-6(9)11-7/h2-4H,5H2,1H3,(H,10,11). The molecule has 0 aromatic carbocycles. The minimum atomic E-state index is -0.521. The predicted molar refractivity (Wildman–Crippen MR) is 50.3 cm³/mol. The van der Waals surface area contributed by atoms with Gasteiger partial charge in [-0.2, -0.15) is 9.19 Å². The minimum absolute atomic E-state index is 0.365. The van der Waals surface area contributed by atoms with Gasteiger partial charge in [-0.25, -0.2) is 4.98 Å². The zero-order chi connectivity index (χ0) is 10.7. The van der Waals surface area contributed by atoms with Crippen molar-refractivity contribution in [2.45, 2.75) is 6.54 Å². The smallest absolute Gasteiger partial charge is 0.214 e. The van der Waals surface area contributed by atoms with Gasteiger partial charge in [-0.15, -0.1) is 10.2 Å². The van der Waals surface area contributed by atoms with Gasteiger partial charge in [-0.3, -0.25) is 0 Å². The van der Waals surface area contributed by atoms with Gasteiger partial charge < -0.3 is 5.32 Å². The number of tetrazole rings is 1. The first-order chi connectivity index (χ1) is 7.24. The van der Waals surface area contributed by atoms with E-state index in [1.54, 1.807) is 19.2 Å². The molecule has 0 unspecified atom stereocenters. The Kier molecular flexibility index (Phi) is 2.53. The number of hydrogen-bond acceptors (Lipinski definition) is 5. The summed E-state index contributed by atoms with van der Waals surface area (Å²) in [6, 6.07) is 4.53. The summed E-state index contributed by atoms with van der Waals surface area (Å²) in [5.41, 5.74) is 0. The molecule has 2 heterocycles. The maximum absolute atomic E-state index is 12.7. The van der Waals surface area contributed by atoms with Gasteiger partial charge in [-0.1, -0.05) is 6.07 Å². The fraction of sp³-hybridized carbons (Fsp3) is 0.250. The van der Waals surface area contributed by atoms with E-state index >= 15 is 0 Å². The van der Waals surface area contributed by atoms with E-state index in [1.807, 2.05) is 0 Å². The molecule has 0 spiro atoms. The lowest BCUT2D eigenvalue weighted by molar-refractivity contribution is 0.585. The van der Waals surface area contributed by atoms with E-state index < -0.39 is 5.95 Å². The van der Waals surface area contributed by atoms with Crippen molar-refractivity contribution in [1.82, 2.24) is 25.2 Å². The fourth-order valence-corrected chi connectivity index (χ4v) is 1.07. The largest absolute Gasteiger partial charge is 0.363 e. The Bertz CT molecular complexity index is 454. The van der Waals surface area contributed by atoms with Crippen molar-refractivity contribution in [2.24, 2.45) is 7.05 Å². The van der Waals surface area contributed by atoms with Crippen LogP contribution in [0, 0.1) is 5.95 Å². The van der Waals surface area contributed by atoms with Crippen LogP contribution in [0.25, 0.3) is 0 Å². The fourth-order valence-electron chi connectivity index (χ4n) is 1.07. The van der Waals surface area contributed by atoms with Crippen LogP contribution in [0.5, 0.6) is 0 Å². The van der Waals surface area contributed by atoms with Crippen LogP contribution in [0.4, 0.5) is 10.2 Å². The van der Waals surface area contributed by atoms with Crippen molar-refractivity contribution >= 4 is 5.82 Å². The minimum Gasteiger partial charge on any atom is -0.363 e. The van der Waals surface area contributed by atoms with E-state index in [-0.39, 0.29) is 0 Å². The number of rotatable bonds is 3. The highest BCUT2D eigenvalue weighted by Gasteiger charge is 2.01. The molecule has 2 aromatic rings. The molecule has 0 atom stereocenters. The normalized spacial score (nSPS) is 10.3. The Morgan fingerprint density at radius 2 is 2.33 bits per heavy atom. The average Bonchev–Trinajstić information content (AvgIpc) is 2.62. The van der Waals surface area contributed by atoms with Gasteiger partial charge >= 0.3 is 0 Å². The second-order valence-corrected chi connectivity index (χ2v) is 2.89. The summed E-state index contributed by atoms with van der Waals surface area (Å²) in [5.74, 6) is 0.457. The summed E-state index contributed by atoms with van der Waals surface area (Å²) in [6.45, 7) is 0.365. The quantitative estimate of drug-likeness (QED) is 0.737. The van der Waals surface area contributed by atoms with Gasteiger partial charge in [0.25, 0.3) is 0 Å². The van der Waals surface area contributed by atoms with Crippen molar-refractivity contribution in [3.8, 4) is 0 Å². The monoisotopic (exact) mass is 208 g/mol. The third kappa shape index (κ3) is 2.46. The topological polar surface area (TPSA) is 68.5 Å².